The summed E-state index contributed by atoms with van der Waals surface area (Å²) in [6, 6.07) is 8.90. The normalized spacial score (nSPS) is 11.7. The van der Waals surface area contributed by atoms with Crippen LogP contribution in [0.25, 0.3) is 22.9 Å². The van der Waals surface area contributed by atoms with Crippen LogP contribution in [0.1, 0.15) is 6.42 Å². The number of benzene rings is 1. The molecule has 2 heterocycles. The molecule has 2 aromatic heterocycles. The summed E-state index contributed by atoms with van der Waals surface area (Å²) in [5.74, 6) is 1.37. The smallest absolute Gasteiger partial charge is 0.453 e. The van der Waals surface area contributed by atoms with Crippen molar-refractivity contribution in [3.8, 4) is 28.7 Å². The first-order valence-electron chi connectivity index (χ1n) is 7.54. The molecule has 0 saturated heterocycles. The number of aromatic nitrogens is 2. The summed E-state index contributed by atoms with van der Waals surface area (Å²) in [7, 11) is 0. The van der Waals surface area contributed by atoms with E-state index >= 15 is 0 Å². The van der Waals surface area contributed by atoms with Crippen molar-refractivity contribution in [3.63, 3.8) is 0 Å². The third-order valence-corrected chi connectivity index (χ3v) is 3.47. The second-order valence-corrected chi connectivity index (χ2v) is 5.26. The number of rotatable bonds is 6. The Labute approximate surface area is 141 Å². The average Bonchev–Trinajstić information content (AvgIpc) is 3.21. The number of aryl methyl sites for hydroxylation is 1. The topological polar surface area (TPSA) is 60.4 Å². The summed E-state index contributed by atoms with van der Waals surface area (Å²) >= 11 is 0. The van der Waals surface area contributed by atoms with Gasteiger partial charge in [-0.3, -0.25) is 0 Å². The zero-order chi connectivity index (χ0) is 17.9. The van der Waals surface area contributed by atoms with Crippen LogP contribution in [0.2, 0.25) is 0 Å². The minimum Gasteiger partial charge on any atom is -0.453 e. The summed E-state index contributed by atoms with van der Waals surface area (Å²) in [6.45, 7) is 0.679. The Morgan fingerprint density at radius 3 is 2.48 bits per heavy atom. The quantitative estimate of drug-likeness (QED) is 0.726. The standard InChI is InChI=1S/C17H15F3N2O3/c18-17(19,20)25-13-4-2-12(3-5-13)14-6-7-15(24-14)16-21-8-10-22(16)9-1-11-23/h2-8,10,23H,1,9,11H2. The lowest BCUT2D eigenvalue weighted by atomic mass is 10.2. The minimum absolute atomic E-state index is 0.0768. The molecule has 132 valence electrons. The largest absolute Gasteiger partial charge is 0.573 e. The van der Waals surface area contributed by atoms with Gasteiger partial charge in [-0.15, -0.1) is 13.2 Å². The molecule has 0 radical (unpaired) electrons. The zero-order valence-electron chi connectivity index (χ0n) is 13.0. The van der Waals surface area contributed by atoms with Gasteiger partial charge in [0.15, 0.2) is 11.6 Å². The van der Waals surface area contributed by atoms with Crippen molar-refractivity contribution in [2.75, 3.05) is 6.61 Å². The predicted octanol–water partition coefficient (Wildman–Crippen LogP) is 4.09. The molecule has 0 fully saturated rings. The summed E-state index contributed by atoms with van der Waals surface area (Å²) in [5, 5.41) is 8.93. The highest BCUT2D eigenvalue weighted by Gasteiger charge is 2.31. The summed E-state index contributed by atoms with van der Waals surface area (Å²) in [4.78, 5) is 4.24. The second kappa shape index (κ2) is 7.02. The Hall–Kier alpha value is -2.74. The average molecular weight is 352 g/mol. The van der Waals surface area contributed by atoms with Crippen LogP contribution < -0.4 is 4.74 Å². The van der Waals surface area contributed by atoms with Crippen molar-refractivity contribution < 1.29 is 27.4 Å². The lowest BCUT2D eigenvalue weighted by Gasteiger charge is -2.08. The third kappa shape index (κ3) is 4.21. The number of aliphatic hydroxyl groups excluding tert-OH is 1. The van der Waals surface area contributed by atoms with Crippen molar-refractivity contribution in [1.29, 1.82) is 0 Å². The Kier molecular flexibility index (Phi) is 4.80. The molecule has 0 aliphatic carbocycles. The molecule has 3 rings (SSSR count). The van der Waals surface area contributed by atoms with Gasteiger partial charge in [-0.1, -0.05) is 0 Å². The third-order valence-electron chi connectivity index (χ3n) is 3.47. The van der Waals surface area contributed by atoms with Gasteiger partial charge in [0.05, 0.1) is 0 Å². The van der Waals surface area contributed by atoms with Crippen LogP contribution in [0, 0.1) is 0 Å². The second-order valence-electron chi connectivity index (χ2n) is 5.26. The Morgan fingerprint density at radius 2 is 1.80 bits per heavy atom. The van der Waals surface area contributed by atoms with E-state index in [2.05, 4.69) is 9.72 Å². The maximum Gasteiger partial charge on any atom is 0.573 e. The van der Waals surface area contributed by atoms with Crippen molar-refractivity contribution in [2.45, 2.75) is 19.3 Å². The number of furan rings is 1. The molecule has 5 nitrogen and oxygen atoms in total. The molecule has 0 amide bonds. The van der Waals surface area contributed by atoms with Crippen molar-refractivity contribution >= 4 is 0 Å². The zero-order valence-corrected chi connectivity index (χ0v) is 13.0. The van der Waals surface area contributed by atoms with Gasteiger partial charge >= 0.3 is 6.36 Å². The van der Waals surface area contributed by atoms with E-state index in [1.54, 1.807) is 24.5 Å². The molecule has 0 atom stereocenters. The van der Waals surface area contributed by atoms with Gasteiger partial charge in [-0.05, 0) is 42.8 Å². The molecule has 0 unspecified atom stereocenters. The molecular weight excluding hydrogens is 337 g/mol. The molecule has 0 aliphatic heterocycles. The van der Waals surface area contributed by atoms with Crippen molar-refractivity contribution in [3.05, 3.63) is 48.8 Å². The molecule has 0 bridgehead atoms. The SMILES string of the molecule is OCCCn1ccnc1-c1ccc(-c2ccc(OC(F)(F)F)cc2)o1. The van der Waals surface area contributed by atoms with Gasteiger partial charge < -0.3 is 18.8 Å². The first kappa shape index (κ1) is 17.1. The fraction of sp³-hybridized carbons (Fsp3) is 0.235. The highest BCUT2D eigenvalue weighted by Crippen LogP contribution is 2.30. The first-order chi connectivity index (χ1) is 12.0. The molecule has 0 saturated carbocycles. The van der Waals surface area contributed by atoms with Gasteiger partial charge in [0.1, 0.15) is 11.5 Å². The van der Waals surface area contributed by atoms with E-state index in [4.69, 9.17) is 9.52 Å². The number of alkyl halides is 3. The van der Waals surface area contributed by atoms with Gasteiger partial charge in [0.25, 0.3) is 0 Å². The van der Waals surface area contributed by atoms with Crippen LogP contribution >= 0.6 is 0 Å². The lowest BCUT2D eigenvalue weighted by molar-refractivity contribution is -0.274. The van der Waals surface area contributed by atoms with Gasteiger partial charge in [-0.25, -0.2) is 4.98 Å². The summed E-state index contributed by atoms with van der Waals surface area (Å²) in [6.07, 6.45) is -0.697. The Bertz CT molecular complexity index is 822. The first-order valence-corrected chi connectivity index (χ1v) is 7.54. The minimum atomic E-state index is -4.72. The fourth-order valence-electron chi connectivity index (χ4n) is 2.39. The molecule has 1 N–H and O–H groups in total. The van der Waals surface area contributed by atoms with Crippen LogP contribution in [0.4, 0.5) is 13.2 Å². The molecule has 1 aromatic carbocycles. The van der Waals surface area contributed by atoms with Crippen LogP contribution in [0.5, 0.6) is 5.75 Å². The van der Waals surface area contributed by atoms with E-state index in [0.717, 1.165) is 0 Å². The fourth-order valence-corrected chi connectivity index (χ4v) is 2.39. The van der Waals surface area contributed by atoms with Crippen molar-refractivity contribution in [1.82, 2.24) is 9.55 Å². The van der Waals surface area contributed by atoms with Crippen LogP contribution in [-0.4, -0.2) is 27.6 Å². The summed E-state index contributed by atoms with van der Waals surface area (Å²) in [5.41, 5.74) is 0.620. The molecule has 25 heavy (non-hydrogen) atoms. The number of nitrogens with zero attached hydrogens (tertiary/aromatic N) is 2. The highest BCUT2D eigenvalue weighted by molar-refractivity contribution is 5.62. The van der Waals surface area contributed by atoms with Gasteiger partial charge in [0, 0.05) is 31.1 Å². The van der Waals surface area contributed by atoms with E-state index in [1.165, 1.54) is 24.3 Å². The van der Waals surface area contributed by atoms with Gasteiger partial charge in [0.2, 0.25) is 0 Å². The van der Waals surface area contributed by atoms with E-state index in [-0.39, 0.29) is 12.4 Å². The number of imidazole rings is 1. The van der Waals surface area contributed by atoms with E-state index in [9.17, 15) is 13.2 Å². The maximum absolute atomic E-state index is 12.2. The molecule has 3 aromatic rings. The molecule has 0 aliphatic rings. The van der Waals surface area contributed by atoms with E-state index in [0.29, 0.717) is 35.9 Å². The monoisotopic (exact) mass is 352 g/mol. The number of hydrogen-bond acceptors (Lipinski definition) is 4. The predicted molar refractivity (Wildman–Crippen MR) is 83.8 cm³/mol. The number of hydrogen-bond donors (Lipinski definition) is 1. The molecular formula is C17H15F3N2O3. The van der Waals surface area contributed by atoms with Crippen molar-refractivity contribution in [2.24, 2.45) is 0 Å². The molecule has 8 heteroatoms. The van der Waals surface area contributed by atoms with E-state index < -0.39 is 6.36 Å². The van der Waals surface area contributed by atoms with Gasteiger partial charge in [-0.2, -0.15) is 0 Å². The number of ether oxygens (including phenoxy) is 1. The maximum atomic E-state index is 12.2. The van der Waals surface area contributed by atoms with E-state index in [1.807, 2.05) is 4.57 Å². The number of halogens is 3. The molecule has 0 spiro atoms. The van der Waals surface area contributed by atoms with Crippen LogP contribution in [0.15, 0.2) is 53.2 Å². The highest BCUT2D eigenvalue weighted by atomic mass is 19.4. The van der Waals surface area contributed by atoms with Crippen LogP contribution in [-0.2, 0) is 6.54 Å². The Morgan fingerprint density at radius 1 is 1.08 bits per heavy atom. The van der Waals surface area contributed by atoms with Crippen LogP contribution in [0.3, 0.4) is 0 Å². The Balaban J connectivity index is 1.79. The lowest BCUT2D eigenvalue weighted by Crippen LogP contribution is -2.16. The number of aliphatic hydroxyl groups is 1. The summed E-state index contributed by atoms with van der Waals surface area (Å²) < 4.78 is 48.0.